The zero-order valence-electron chi connectivity index (χ0n) is 9.47. The van der Waals surface area contributed by atoms with Crippen molar-refractivity contribution in [3.8, 4) is 6.07 Å². The molecule has 84 valence electrons. The summed E-state index contributed by atoms with van der Waals surface area (Å²) in [7, 11) is 0. The molecule has 1 aliphatic rings. The minimum Gasteiger partial charge on any atom is -0.302 e. The molecular weight excluding hydrogens is 198 g/mol. The lowest BCUT2D eigenvalue weighted by atomic mass is 9.99. The van der Waals surface area contributed by atoms with Crippen molar-refractivity contribution in [2.75, 3.05) is 19.6 Å². The molecule has 1 unspecified atom stereocenters. The van der Waals surface area contributed by atoms with Crippen LogP contribution in [-0.4, -0.2) is 29.5 Å². The number of piperidine rings is 1. The highest BCUT2D eigenvalue weighted by Crippen LogP contribution is 2.15. The first-order valence-corrected chi connectivity index (χ1v) is 5.89. The Balaban J connectivity index is 1.80. The topological polar surface area (TPSA) is 39.9 Å². The molecule has 2 rings (SSSR count). The van der Waals surface area contributed by atoms with Gasteiger partial charge in [0.25, 0.3) is 0 Å². The summed E-state index contributed by atoms with van der Waals surface area (Å²) in [6, 6.07) is 6.46. The molecule has 0 spiro atoms. The van der Waals surface area contributed by atoms with Crippen LogP contribution in [-0.2, 0) is 6.42 Å². The largest absolute Gasteiger partial charge is 0.302 e. The highest BCUT2D eigenvalue weighted by atomic mass is 15.1. The normalized spacial score (nSPS) is 21.6. The number of pyridine rings is 1. The van der Waals surface area contributed by atoms with E-state index < -0.39 is 0 Å². The third-order valence-corrected chi connectivity index (χ3v) is 3.13. The lowest BCUT2D eigenvalue weighted by Crippen LogP contribution is -2.36. The van der Waals surface area contributed by atoms with Gasteiger partial charge in [0.05, 0.1) is 12.0 Å². The highest BCUT2D eigenvalue weighted by molar-refractivity contribution is 5.08. The quantitative estimate of drug-likeness (QED) is 0.772. The van der Waals surface area contributed by atoms with Gasteiger partial charge >= 0.3 is 0 Å². The van der Waals surface area contributed by atoms with Crippen molar-refractivity contribution in [2.24, 2.45) is 5.92 Å². The van der Waals surface area contributed by atoms with Crippen molar-refractivity contribution in [2.45, 2.75) is 19.3 Å². The van der Waals surface area contributed by atoms with Crippen molar-refractivity contribution in [3.63, 3.8) is 0 Å². The summed E-state index contributed by atoms with van der Waals surface area (Å²) in [6.45, 7) is 3.12. The maximum absolute atomic E-state index is 8.91. The predicted molar refractivity (Wildman–Crippen MR) is 62.7 cm³/mol. The Labute approximate surface area is 96.7 Å². The molecule has 1 atom stereocenters. The number of rotatable bonds is 3. The van der Waals surface area contributed by atoms with Gasteiger partial charge in [0, 0.05) is 25.5 Å². The molecule has 3 nitrogen and oxygen atoms in total. The van der Waals surface area contributed by atoms with E-state index in [9.17, 15) is 0 Å². The van der Waals surface area contributed by atoms with Crippen molar-refractivity contribution >= 4 is 0 Å². The van der Waals surface area contributed by atoms with Gasteiger partial charge in [-0.25, -0.2) is 0 Å². The van der Waals surface area contributed by atoms with Gasteiger partial charge in [-0.3, -0.25) is 4.98 Å². The molecule has 0 aliphatic carbocycles. The molecule has 1 aliphatic heterocycles. The fourth-order valence-electron chi connectivity index (χ4n) is 2.20. The summed E-state index contributed by atoms with van der Waals surface area (Å²) in [5.41, 5.74) is 1.28. The van der Waals surface area contributed by atoms with E-state index in [1.807, 2.05) is 12.3 Å². The Bertz CT molecular complexity index is 355. The second kappa shape index (κ2) is 5.62. The Morgan fingerprint density at radius 3 is 3.25 bits per heavy atom. The van der Waals surface area contributed by atoms with Crippen LogP contribution in [0.5, 0.6) is 0 Å². The van der Waals surface area contributed by atoms with Crippen LogP contribution in [0.1, 0.15) is 18.4 Å². The smallest absolute Gasteiger partial charge is 0.0669 e. The average molecular weight is 215 g/mol. The number of likely N-dealkylation sites (tertiary alicyclic amines) is 1. The molecule has 16 heavy (non-hydrogen) atoms. The van der Waals surface area contributed by atoms with E-state index in [0.717, 1.165) is 38.9 Å². The van der Waals surface area contributed by atoms with Gasteiger partial charge in [0.2, 0.25) is 0 Å². The first-order chi connectivity index (χ1) is 7.88. The van der Waals surface area contributed by atoms with Crippen LogP contribution in [0.15, 0.2) is 24.5 Å². The van der Waals surface area contributed by atoms with Crippen molar-refractivity contribution < 1.29 is 0 Å². The van der Waals surface area contributed by atoms with Crippen LogP contribution in [0.25, 0.3) is 0 Å². The minimum atomic E-state index is 0.239. The van der Waals surface area contributed by atoms with E-state index in [4.69, 9.17) is 5.26 Å². The molecule has 2 heterocycles. The Morgan fingerprint density at radius 1 is 1.56 bits per heavy atom. The lowest BCUT2D eigenvalue weighted by molar-refractivity contribution is 0.202. The number of hydrogen-bond acceptors (Lipinski definition) is 3. The molecule has 1 aromatic rings. The Morgan fingerprint density at radius 2 is 2.50 bits per heavy atom. The van der Waals surface area contributed by atoms with Crippen molar-refractivity contribution in [1.29, 1.82) is 5.26 Å². The molecule has 0 radical (unpaired) electrons. The lowest BCUT2D eigenvalue weighted by Gasteiger charge is -2.29. The molecule has 0 saturated carbocycles. The summed E-state index contributed by atoms with van der Waals surface area (Å²) in [5.74, 6) is 0.239. The maximum atomic E-state index is 8.91. The first kappa shape index (κ1) is 11.1. The third kappa shape index (κ3) is 3.04. The van der Waals surface area contributed by atoms with Crippen LogP contribution in [0.4, 0.5) is 0 Å². The van der Waals surface area contributed by atoms with Crippen LogP contribution in [0.3, 0.4) is 0 Å². The van der Waals surface area contributed by atoms with Gasteiger partial charge in [0.1, 0.15) is 0 Å². The molecule has 0 amide bonds. The average Bonchev–Trinajstić information content (AvgIpc) is 2.38. The van der Waals surface area contributed by atoms with Crippen LogP contribution in [0.2, 0.25) is 0 Å². The second-order valence-corrected chi connectivity index (χ2v) is 4.38. The van der Waals surface area contributed by atoms with E-state index in [2.05, 4.69) is 22.0 Å². The fraction of sp³-hybridized carbons (Fsp3) is 0.538. The van der Waals surface area contributed by atoms with Crippen molar-refractivity contribution in [3.05, 3.63) is 30.1 Å². The third-order valence-electron chi connectivity index (χ3n) is 3.13. The number of nitrogens with zero attached hydrogens (tertiary/aromatic N) is 3. The molecule has 1 aromatic heterocycles. The van der Waals surface area contributed by atoms with E-state index >= 15 is 0 Å². The van der Waals surface area contributed by atoms with Crippen LogP contribution >= 0.6 is 0 Å². The predicted octanol–water partition coefficient (Wildman–Crippen LogP) is 1.86. The number of nitriles is 1. The molecule has 0 bridgehead atoms. The zero-order chi connectivity index (χ0) is 11.2. The van der Waals surface area contributed by atoms with E-state index in [-0.39, 0.29) is 5.92 Å². The fourth-order valence-corrected chi connectivity index (χ4v) is 2.20. The summed E-state index contributed by atoms with van der Waals surface area (Å²) in [6.07, 6.45) is 6.99. The molecule has 0 aromatic carbocycles. The summed E-state index contributed by atoms with van der Waals surface area (Å²) < 4.78 is 0. The second-order valence-electron chi connectivity index (χ2n) is 4.38. The maximum Gasteiger partial charge on any atom is 0.0669 e. The standard InChI is InChI=1S/C13H17N3/c14-9-13-4-2-7-16(11-13)8-5-12-3-1-6-15-10-12/h1,3,6,10,13H,2,4-5,7-8,11H2. The van der Waals surface area contributed by atoms with E-state index in [1.54, 1.807) is 6.20 Å². The van der Waals surface area contributed by atoms with Gasteiger partial charge in [-0.1, -0.05) is 6.07 Å². The van der Waals surface area contributed by atoms with Gasteiger partial charge in [-0.05, 0) is 37.4 Å². The van der Waals surface area contributed by atoms with Crippen LogP contribution < -0.4 is 0 Å². The zero-order valence-corrected chi connectivity index (χ0v) is 9.47. The summed E-state index contributed by atoms with van der Waals surface area (Å²) in [4.78, 5) is 6.50. The van der Waals surface area contributed by atoms with Gasteiger partial charge in [0.15, 0.2) is 0 Å². The Hall–Kier alpha value is -1.40. The number of hydrogen-bond donors (Lipinski definition) is 0. The minimum absolute atomic E-state index is 0.239. The SMILES string of the molecule is N#CC1CCCN(CCc2cccnc2)C1. The molecular formula is C13H17N3. The molecule has 3 heteroatoms. The van der Waals surface area contributed by atoms with Gasteiger partial charge in [-0.2, -0.15) is 5.26 Å². The molecule has 0 N–H and O–H groups in total. The van der Waals surface area contributed by atoms with Crippen molar-refractivity contribution in [1.82, 2.24) is 9.88 Å². The monoisotopic (exact) mass is 215 g/mol. The molecule has 1 saturated heterocycles. The van der Waals surface area contributed by atoms with Crippen LogP contribution in [0, 0.1) is 17.2 Å². The van der Waals surface area contributed by atoms with Gasteiger partial charge < -0.3 is 4.90 Å². The van der Waals surface area contributed by atoms with E-state index in [1.165, 1.54) is 5.56 Å². The highest BCUT2D eigenvalue weighted by Gasteiger charge is 2.18. The number of aromatic nitrogens is 1. The van der Waals surface area contributed by atoms with E-state index in [0.29, 0.717) is 0 Å². The summed E-state index contributed by atoms with van der Waals surface area (Å²) >= 11 is 0. The van der Waals surface area contributed by atoms with Gasteiger partial charge in [-0.15, -0.1) is 0 Å². The first-order valence-electron chi connectivity index (χ1n) is 5.89. The summed E-state index contributed by atoms with van der Waals surface area (Å²) in [5, 5.41) is 8.91. The molecule has 1 fully saturated rings. The Kier molecular flexibility index (Phi) is 3.90.